The third-order valence-electron chi connectivity index (χ3n) is 3.11. The average molecular weight is 357 g/mol. The van der Waals surface area contributed by atoms with Crippen LogP contribution >= 0.6 is 27.5 Å². The van der Waals surface area contributed by atoms with Crippen molar-refractivity contribution >= 4 is 27.5 Å². The Hall–Kier alpha value is -0.900. The summed E-state index contributed by atoms with van der Waals surface area (Å²) in [6.07, 6.45) is 0.981. The summed E-state index contributed by atoms with van der Waals surface area (Å²) in [6.45, 7) is 2.90. The highest BCUT2D eigenvalue weighted by Gasteiger charge is 2.20. The summed E-state index contributed by atoms with van der Waals surface area (Å²) in [5.41, 5.74) is 1.59. The average Bonchev–Trinajstić information content (AvgIpc) is 2.48. The van der Waals surface area contributed by atoms with Crippen molar-refractivity contribution in [1.82, 2.24) is 5.32 Å². The van der Waals surface area contributed by atoms with Gasteiger partial charge in [-0.15, -0.1) is 0 Å². The van der Waals surface area contributed by atoms with Gasteiger partial charge in [0.05, 0.1) is 11.1 Å². The van der Waals surface area contributed by atoms with Gasteiger partial charge in [-0.2, -0.15) is 0 Å². The Kier molecular flexibility index (Phi) is 5.58. The zero-order valence-electron chi connectivity index (χ0n) is 11.2. The lowest BCUT2D eigenvalue weighted by Gasteiger charge is -2.21. The van der Waals surface area contributed by atoms with E-state index in [-0.39, 0.29) is 16.9 Å². The maximum absolute atomic E-state index is 14.4. The van der Waals surface area contributed by atoms with Gasteiger partial charge in [0.2, 0.25) is 0 Å². The van der Waals surface area contributed by atoms with Crippen molar-refractivity contribution in [2.45, 2.75) is 19.4 Å². The van der Waals surface area contributed by atoms with Crippen LogP contribution in [0, 0.1) is 5.82 Å². The third kappa shape index (κ3) is 3.40. The van der Waals surface area contributed by atoms with Crippen molar-refractivity contribution in [1.29, 1.82) is 0 Å². The van der Waals surface area contributed by atoms with Crippen LogP contribution in [0.25, 0.3) is 0 Å². The molecular weight excluding hydrogens is 341 g/mol. The molecule has 106 valence electrons. The quantitative estimate of drug-likeness (QED) is 0.714. The van der Waals surface area contributed by atoms with Gasteiger partial charge in [-0.3, -0.25) is 0 Å². The fourth-order valence-electron chi connectivity index (χ4n) is 2.11. The number of hydrogen-bond acceptors (Lipinski definition) is 1. The van der Waals surface area contributed by atoms with Crippen molar-refractivity contribution in [2.75, 3.05) is 6.54 Å². The maximum atomic E-state index is 14.4. The predicted octanol–water partition coefficient (Wildman–Crippen LogP) is 5.33. The van der Waals surface area contributed by atoms with E-state index in [1.54, 1.807) is 12.1 Å². The molecule has 0 aliphatic carbocycles. The Balaban J connectivity index is 2.44. The summed E-state index contributed by atoms with van der Waals surface area (Å²) in [5.74, 6) is -0.376. The van der Waals surface area contributed by atoms with Crippen LogP contribution in [0.1, 0.15) is 30.5 Å². The highest BCUT2D eigenvalue weighted by molar-refractivity contribution is 9.10. The van der Waals surface area contributed by atoms with Gasteiger partial charge >= 0.3 is 0 Å². The van der Waals surface area contributed by atoms with E-state index in [1.165, 1.54) is 0 Å². The van der Waals surface area contributed by atoms with Crippen LogP contribution in [-0.2, 0) is 0 Å². The van der Waals surface area contributed by atoms with E-state index < -0.39 is 0 Å². The fraction of sp³-hybridized carbons (Fsp3) is 0.250. The van der Waals surface area contributed by atoms with E-state index in [9.17, 15) is 4.39 Å². The van der Waals surface area contributed by atoms with E-state index in [0.29, 0.717) is 10.0 Å². The Labute approximate surface area is 132 Å². The van der Waals surface area contributed by atoms with Gasteiger partial charge in [0.25, 0.3) is 0 Å². The molecule has 0 aliphatic heterocycles. The Morgan fingerprint density at radius 2 is 1.90 bits per heavy atom. The highest BCUT2D eigenvalue weighted by Crippen LogP contribution is 2.32. The minimum absolute atomic E-state index is 0.127. The Morgan fingerprint density at radius 1 is 1.20 bits per heavy atom. The molecule has 1 N–H and O–H groups in total. The molecule has 0 aliphatic rings. The first-order valence-corrected chi connectivity index (χ1v) is 7.74. The summed E-state index contributed by atoms with van der Waals surface area (Å²) >= 11 is 9.24. The molecule has 2 aromatic rings. The van der Waals surface area contributed by atoms with Crippen LogP contribution in [0.4, 0.5) is 4.39 Å². The molecule has 0 fully saturated rings. The first-order valence-electron chi connectivity index (χ1n) is 6.56. The van der Waals surface area contributed by atoms with Gasteiger partial charge in [-0.1, -0.05) is 54.9 Å². The molecule has 0 saturated heterocycles. The minimum atomic E-state index is -0.376. The molecule has 2 aromatic carbocycles. The normalized spacial score (nSPS) is 12.4. The SMILES string of the molecule is CCCNC(c1ccccc1)c1ccc(Br)c(Cl)c1F. The fourth-order valence-corrected chi connectivity index (χ4v) is 2.58. The lowest BCUT2D eigenvalue weighted by Crippen LogP contribution is -2.24. The molecule has 0 spiro atoms. The van der Waals surface area contributed by atoms with Gasteiger partial charge < -0.3 is 5.32 Å². The second-order valence-electron chi connectivity index (χ2n) is 4.56. The maximum Gasteiger partial charge on any atom is 0.148 e. The molecular formula is C16H16BrClFN. The van der Waals surface area contributed by atoms with Gasteiger partial charge in [0.15, 0.2) is 0 Å². The van der Waals surface area contributed by atoms with Gasteiger partial charge in [0, 0.05) is 10.0 Å². The second-order valence-corrected chi connectivity index (χ2v) is 5.79. The van der Waals surface area contributed by atoms with Crippen LogP contribution in [0.3, 0.4) is 0 Å². The summed E-state index contributed by atoms with van der Waals surface area (Å²) in [4.78, 5) is 0. The number of nitrogens with one attached hydrogen (secondary N) is 1. The summed E-state index contributed by atoms with van der Waals surface area (Å²) in [5, 5.41) is 3.50. The summed E-state index contributed by atoms with van der Waals surface area (Å²) in [6, 6.07) is 13.2. The van der Waals surface area contributed by atoms with E-state index in [1.807, 2.05) is 30.3 Å². The summed E-state index contributed by atoms with van der Waals surface area (Å²) < 4.78 is 15.0. The molecule has 1 unspecified atom stereocenters. The van der Waals surface area contributed by atoms with E-state index in [2.05, 4.69) is 28.2 Å². The van der Waals surface area contributed by atoms with Crippen LogP contribution < -0.4 is 5.32 Å². The van der Waals surface area contributed by atoms with Crippen LogP contribution in [-0.4, -0.2) is 6.54 Å². The number of halogens is 3. The largest absolute Gasteiger partial charge is 0.306 e. The topological polar surface area (TPSA) is 12.0 Å². The predicted molar refractivity (Wildman–Crippen MR) is 85.7 cm³/mol. The van der Waals surface area contributed by atoms with Crippen LogP contribution in [0.2, 0.25) is 5.02 Å². The molecule has 0 heterocycles. The van der Waals surface area contributed by atoms with Crippen LogP contribution in [0.5, 0.6) is 0 Å². The number of hydrogen-bond donors (Lipinski definition) is 1. The van der Waals surface area contributed by atoms with Gasteiger partial charge in [-0.25, -0.2) is 4.39 Å². The smallest absolute Gasteiger partial charge is 0.148 e. The number of rotatable bonds is 5. The molecule has 0 saturated carbocycles. The van der Waals surface area contributed by atoms with Crippen molar-refractivity contribution in [3.63, 3.8) is 0 Å². The Bertz CT molecular complexity index is 574. The van der Waals surface area contributed by atoms with Gasteiger partial charge in [-0.05, 0) is 40.5 Å². The van der Waals surface area contributed by atoms with E-state index in [4.69, 9.17) is 11.6 Å². The first-order chi connectivity index (χ1) is 9.65. The minimum Gasteiger partial charge on any atom is -0.306 e. The lowest BCUT2D eigenvalue weighted by molar-refractivity contribution is 0.546. The van der Waals surface area contributed by atoms with Crippen molar-refractivity contribution in [2.24, 2.45) is 0 Å². The molecule has 2 rings (SSSR count). The molecule has 0 radical (unpaired) electrons. The molecule has 1 nitrogen and oxygen atoms in total. The molecule has 0 amide bonds. The first kappa shape index (κ1) is 15.5. The van der Waals surface area contributed by atoms with Crippen molar-refractivity contribution in [3.05, 3.63) is 68.9 Å². The highest BCUT2D eigenvalue weighted by atomic mass is 79.9. The van der Waals surface area contributed by atoms with Gasteiger partial charge in [0.1, 0.15) is 5.82 Å². The molecule has 0 bridgehead atoms. The monoisotopic (exact) mass is 355 g/mol. The molecule has 0 aromatic heterocycles. The summed E-state index contributed by atoms with van der Waals surface area (Å²) in [7, 11) is 0. The molecule has 1 atom stereocenters. The standard InChI is InChI=1S/C16H16BrClFN/c1-2-10-20-16(11-6-4-3-5-7-11)12-8-9-13(17)14(18)15(12)19/h3-9,16,20H,2,10H2,1H3. The van der Waals surface area contributed by atoms with Crippen molar-refractivity contribution < 1.29 is 4.39 Å². The molecule has 4 heteroatoms. The zero-order valence-corrected chi connectivity index (χ0v) is 13.5. The van der Waals surface area contributed by atoms with E-state index >= 15 is 0 Å². The van der Waals surface area contributed by atoms with Crippen LogP contribution in [0.15, 0.2) is 46.9 Å². The number of benzene rings is 2. The lowest BCUT2D eigenvalue weighted by atomic mass is 9.98. The van der Waals surface area contributed by atoms with E-state index in [0.717, 1.165) is 18.5 Å². The zero-order chi connectivity index (χ0) is 14.5. The van der Waals surface area contributed by atoms with Crippen molar-refractivity contribution in [3.8, 4) is 0 Å². The molecule has 20 heavy (non-hydrogen) atoms. The Morgan fingerprint density at radius 3 is 2.55 bits per heavy atom. The second kappa shape index (κ2) is 7.21. The third-order valence-corrected chi connectivity index (χ3v) is 4.37.